The maximum Gasteiger partial charge on any atom is 0.416 e. The summed E-state index contributed by atoms with van der Waals surface area (Å²) in [5, 5.41) is 12.5. The Morgan fingerprint density at radius 2 is 1.75 bits per heavy atom. The fourth-order valence-corrected chi connectivity index (χ4v) is 8.56. The van der Waals surface area contributed by atoms with Crippen molar-refractivity contribution in [2.45, 2.75) is 63.1 Å². The van der Waals surface area contributed by atoms with Gasteiger partial charge in [-0.25, -0.2) is 9.18 Å². The van der Waals surface area contributed by atoms with Gasteiger partial charge in [-0.2, -0.15) is 18.3 Å². The summed E-state index contributed by atoms with van der Waals surface area (Å²) in [7, 11) is 1.42. The minimum Gasteiger partial charge on any atom is -0.494 e. The summed E-state index contributed by atoms with van der Waals surface area (Å²) >= 11 is 0. The lowest BCUT2D eigenvalue weighted by Gasteiger charge is -2.37. The van der Waals surface area contributed by atoms with Crippen molar-refractivity contribution in [1.29, 1.82) is 0 Å². The van der Waals surface area contributed by atoms with E-state index >= 15 is 0 Å². The summed E-state index contributed by atoms with van der Waals surface area (Å²) < 4.78 is 61.1. The Balaban J connectivity index is 0.871. The van der Waals surface area contributed by atoms with E-state index < -0.39 is 35.1 Å². The number of fused-ring (bicyclic) bond motifs is 2. The number of piperidine rings is 1. The average Bonchev–Trinajstić information content (AvgIpc) is 3.60. The van der Waals surface area contributed by atoms with Gasteiger partial charge >= 0.3 is 12.2 Å². The number of alkyl halides is 3. The van der Waals surface area contributed by atoms with Crippen LogP contribution < -0.4 is 20.3 Å². The summed E-state index contributed by atoms with van der Waals surface area (Å²) in [6.07, 6.45) is 7.06. The molecule has 2 aliphatic heterocycles. The van der Waals surface area contributed by atoms with Crippen LogP contribution >= 0.6 is 0 Å². The van der Waals surface area contributed by atoms with Gasteiger partial charge in [-0.1, -0.05) is 18.2 Å². The van der Waals surface area contributed by atoms with E-state index in [0.717, 1.165) is 86.1 Å². The SMILES string of the molecule is COc1cc2nn(C3CCC(CN4CCC(c5cccc6c(N7CCC(=O)NC7=O)cncc56)CC4)CC3)cc2cc1NC(=O)c1cc(F)cc(C(F)(F)F)c1. The summed E-state index contributed by atoms with van der Waals surface area (Å²) in [5.74, 6) is -1.09. The maximum absolute atomic E-state index is 14.0. The normalized spacial score (nSPS) is 20.1. The van der Waals surface area contributed by atoms with Crippen LogP contribution in [0.1, 0.15) is 78.4 Å². The Hall–Kier alpha value is -5.57. The van der Waals surface area contributed by atoms with Gasteiger partial charge in [0.25, 0.3) is 5.91 Å². The van der Waals surface area contributed by atoms with Crippen LogP contribution in [0.3, 0.4) is 0 Å². The largest absolute Gasteiger partial charge is 0.494 e. The molecule has 3 aromatic carbocycles. The van der Waals surface area contributed by atoms with Gasteiger partial charge in [-0.3, -0.25) is 29.5 Å². The van der Waals surface area contributed by atoms with Gasteiger partial charge in [0.2, 0.25) is 5.91 Å². The molecule has 8 rings (SSSR count). The number of likely N-dealkylation sites (tertiary alicyclic amines) is 1. The molecular formula is C41H41F4N7O4. The summed E-state index contributed by atoms with van der Waals surface area (Å²) in [6, 6.07) is 11.1. The highest BCUT2D eigenvalue weighted by atomic mass is 19.4. The third-order valence-corrected chi connectivity index (χ3v) is 11.5. The van der Waals surface area contributed by atoms with E-state index in [4.69, 9.17) is 9.84 Å². The number of imide groups is 1. The lowest BCUT2D eigenvalue weighted by molar-refractivity contribution is -0.137. The molecule has 0 spiro atoms. The van der Waals surface area contributed by atoms with E-state index in [0.29, 0.717) is 36.0 Å². The van der Waals surface area contributed by atoms with E-state index in [2.05, 4.69) is 26.6 Å². The molecule has 4 heterocycles. The molecule has 1 aliphatic carbocycles. The predicted molar refractivity (Wildman–Crippen MR) is 202 cm³/mol. The number of amides is 4. The van der Waals surface area contributed by atoms with Gasteiger partial charge < -0.3 is 15.0 Å². The minimum atomic E-state index is -4.80. The van der Waals surface area contributed by atoms with E-state index in [1.807, 2.05) is 29.2 Å². The molecule has 0 unspecified atom stereocenters. The molecule has 2 saturated heterocycles. The number of carbonyl (C=O) groups excluding carboxylic acids is 3. The molecule has 56 heavy (non-hydrogen) atoms. The van der Waals surface area contributed by atoms with Crippen LogP contribution in [0, 0.1) is 11.7 Å². The molecule has 0 radical (unpaired) electrons. The second-order valence-corrected chi connectivity index (χ2v) is 15.0. The number of rotatable bonds is 8. The third-order valence-electron chi connectivity index (χ3n) is 11.5. The number of aromatic nitrogens is 3. The van der Waals surface area contributed by atoms with Crippen LogP contribution in [0.15, 0.2) is 67.1 Å². The number of nitrogens with zero attached hydrogens (tertiary/aromatic N) is 5. The van der Waals surface area contributed by atoms with Crippen molar-refractivity contribution in [2.75, 3.05) is 43.5 Å². The minimum absolute atomic E-state index is 0.197. The second kappa shape index (κ2) is 15.2. The molecule has 3 aliphatic rings. The zero-order valence-electron chi connectivity index (χ0n) is 30.7. The number of ether oxygens (including phenoxy) is 1. The van der Waals surface area contributed by atoms with Gasteiger partial charge in [0, 0.05) is 59.7 Å². The first-order valence-corrected chi connectivity index (χ1v) is 18.9. The van der Waals surface area contributed by atoms with E-state index in [1.54, 1.807) is 23.2 Å². The lowest BCUT2D eigenvalue weighted by Crippen LogP contribution is -2.49. The Bertz CT molecular complexity index is 2310. The topological polar surface area (TPSA) is 122 Å². The monoisotopic (exact) mass is 771 g/mol. The van der Waals surface area contributed by atoms with Crippen molar-refractivity contribution >= 4 is 50.9 Å². The lowest BCUT2D eigenvalue weighted by atomic mass is 9.84. The molecule has 2 N–H and O–H groups in total. The number of urea groups is 1. The number of anilines is 2. The average molecular weight is 772 g/mol. The van der Waals surface area contributed by atoms with Gasteiger partial charge in [-0.05, 0) is 93.3 Å². The molecule has 2 aromatic heterocycles. The van der Waals surface area contributed by atoms with Crippen molar-refractivity contribution < 1.29 is 36.7 Å². The van der Waals surface area contributed by atoms with E-state index in [1.165, 1.54) is 12.7 Å². The zero-order chi connectivity index (χ0) is 39.1. The Morgan fingerprint density at radius 1 is 0.964 bits per heavy atom. The predicted octanol–water partition coefficient (Wildman–Crippen LogP) is 8.06. The Kier molecular flexibility index (Phi) is 10.1. The quantitative estimate of drug-likeness (QED) is 0.153. The number of pyridine rings is 1. The molecule has 5 aromatic rings. The maximum atomic E-state index is 14.0. The number of carbonyl (C=O) groups is 3. The fraction of sp³-hybridized carbons (Fsp3) is 0.390. The number of benzene rings is 3. The van der Waals surface area contributed by atoms with Crippen molar-refractivity contribution in [3.63, 3.8) is 0 Å². The van der Waals surface area contributed by atoms with Crippen LogP contribution in [-0.2, 0) is 11.0 Å². The number of halogens is 4. The highest BCUT2D eigenvalue weighted by Gasteiger charge is 2.33. The smallest absolute Gasteiger partial charge is 0.416 e. The summed E-state index contributed by atoms with van der Waals surface area (Å²) in [5.41, 5.74) is 1.15. The van der Waals surface area contributed by atoms with Gasteiger partial charge in [0.1, 0.15) is 11.6 Å². The zero-order valence-corrected chi connectivity index (χ0v) is 30.7. The first-order valence-electron chi connectivity index (χ1n) is 18.9. The molecule has 15 heteroatoms. The Labute approximate surface area is 320 Å². The molecule has 11 nitrogen and oxygen atoms in total. The van der Waals surface area contributed by atoms with Crippen LogP contribution in [0.5, 0.6) is 5.75 Å². The number of nitrogens with one attached hydrogen (secondary N) is 2. The van der Waals surface area contributed by atoms with Crippen LogP contribution in [0.2, 0.25) is 0 Å². The van der Waals surface area contributed by atoms with Crippen molar-refractivity contribution in [1.82, 2.24) is 25.0 Å². The van der Waals surface area contributed by atoms with Crippen molar-refractivity contribution in [3.8, 4) is 5.75 Å². The van der Waals surface area contributed by atoms with Gasteiger partial charge in [0.15, 0.2) is 0 Å². The van der Waals surface area contributed by atoms with Crippen LogP contribution in [0.25, 0.3) is 21.7 Å². The highest BCUT2D eigenvalue weighted by molar-refractivity contribution is 6.10. The molecule has 0 atom stereocenters. The van der Waals surface area contributed by atoms with Crippen molar-refractivity contribution in [2.24, 2.45) is 5.92 Å². The first-order chi connectivity index (χ1) is 26.9. The standard InChI is InChI=1S/C41H41F4N7O4/c1-56-37-19-34-27(17-35(37)47-39(54)26-15-28(41(43,44)45)18-29(42)16-26)23-52(49-34)30-7-5-24(6-8-30)22-50-12-9-25(10-13-50)31-3-2-4-32-33(31)20-46-21-36(32)51-14-11-38(53)48-40(51)55/h2-4,15-21,23-25,30H,5-14,22H2,1H3,(H,47,54)(H,48,53,55). The highest BCUT2D eigenvalue weighted by Crippen LogP contribution is 2.39. The molecule has 4 amide bonds. The number of hydrogen-bond acceptors (Lipinski definition) is 7. The van der Waals surface area contributed by atoms with Crippen LogP contribution in [-0.4, -0.2) is 70.8 Å². The number of hydrogen-bond donors (Lipinski definition) is 2. The second-order valence-electron chi connectivity index (χ2n) is 15.0. The van der Waals surface area contributed by atoms with E-state index in [-0.39, 0.29) is 29.8 Å². The third kappa shape index (κ3) is 7.64. The Morgan fingerprint density at radius 3 is 2.48 bits per heavy atom. The first kappa shape index (κ1) is 37.4. The summed E-state index contributed by atoms with van der Waals surface area (Å²) in [6.45, 7) is 3.37. The molecule has 3 fully saturated rings. The molecule has 292 valence electrons. The van der Waals surface area contributed by atoms with Crippen molar-refractivity contribution in [3.05, 3.63) is 89.6 Å². The fourth-order valence-electron chi connectivity index (χ4n) is 8.56. The van der Waals surface area contributed by atoms with E-state index in [9.17, 15) is 31.9 Å². The van der Waals surface area contributed by atoms with Gasteiger partial charge in [0.05, 0.1) is 41.8 Å². The molecule has 1 saturated carbocycles. The van der Waals surface area contributed by atoms with Crippen LogP contribution in [0.4, 0.5) is 33.7 Å². The molecular weight excluding hydrogens is 730 g/mol. The summed E-state index contributed by atoms with van der Waals surface area (Å²) in [4.78, 5) is 45.9. The van der Waals surface area contributed by atoms with Gasteiger partial charge in [-0.15, -0.1) is 0 Å². The molecule has 0 bridgehead atoms. The number of methoxy groups -OCH3 is 1.